The molecule has 3 rings (SSSR count). The molecule has 0 spiro atoms. The molecule has 0 radical (unpaired) electrons. The van der Waals surface area contributed by atoms with Gasteiger partial charge in [-0.25, -0.2) is 0 Å². The molecule has 2 heterocycles. The minimum atomic E-state index is 0.449. The summed E-state index contributed by atoms with van der Waals surface area (Å²) in [5.74, 6) is 0.546. The van der Waals surface area contributed by atoms with E-state index in [1.807, 2.05) is 0 Å². The van der Waals surface area contributed by atoms with E-state index in [4.69, 9.17) is 0 Å². The van der Waals surface area contributed by atoms with Crippen LogP contribution in [0.2, 0.25) is 0 Å². The molecule has 0 amide bonds. The number of benzene rings is 1. The molecule has 106 valence electrons. The monoisotopic (exact) mass is 269 g/mol. The molecule has 20 heavy (non-hydrogen) atoms. The molecule has 0 saturated carbocycles. The average molecular weight is 269 g/mol. The van der Waals surface area contributed by atoms with Gasteiger partial charge >= 0.3 is 0 Å². The van der Waals surface area contributed by atoms with Crippen molar-refractivity contribution < 1.29 is 0 Å². The molecule has 0 aliphatic carbocycles. The molecule has 1 aliphatic rings. The van der Waals surface area contributed by atoms with Gasteiger partial charge in [0.1, 0.15) is 0 Å². The zero-order valence-electron chi connectivity index (χ0n) is 12.5. The van der Waals surface area contributed by atoms with Gasteiger partial charge in [0.15, 0.2) is 0 Å². The lowest BCUT2D eigenvalue weighted by Crippen LogP contribution is -2.12. The fourth-order valence-electron chi connectivity index (χ4n) is 2.88. The van der Waals surface area contributed by atoms with Crippen LogP contribution in [-0.4, -0.2) is 16.7 Å². The molecular weight excluding hydrogens is 246 g/mol. The summed E-state index contributed by atoms with van der Waals surface area (Å²) in [7, 11) is 0. The highest BCUT2D eigenvalue weighted by molar-refractivity contribution is 5.65. The van der Waals surface area contributed by atoms with Crippen LogP contribution in [0.15, 0.2) is 24.3 Å². The molecule has 1 aromatic carbocycles. The Labute approximate surface area is 120 Å². The number of nitrogens with one attached hydrogen (secondary N) is 2. The number of hydrogen-bond donors (Lipinski definition) is 2. The Morgan fingerprint density at radius 2 is 2.10 bits per heavy atom. The molecule has 1 saturated heterocycles. The summed E-state index contributed by atoms with van der Waals surface area (Å²) in [5.41, 5.74) is 6.18. The predicted molar refractivity (Wildman–Crippen MR) is 82.8 cm³/mol. The maximum Gasteiger partial charge on any atom is 0.0926 e. The van der Waals surface area contributed by atoms with Crippen molar-refractivity contribution in [1.29, 1.82) is 0 Å². The largest absolute Gasteiger partial charge is 0.309 e. The summed E-state index contributed by atoms with van der Waals surface area (Å²) in [5, 5.41) is 11.2. The highest BCUT2D eigenvalue weighted by Gasteiger charge is 2.19. The SMILES string of the molecule is Cc1ccc(C(C)C)cc1-c1cc(C2CCCN2)[nH]n1. The van der Waals surface area contributed by atoms with E-state index in [0.29, 0.717) is 12.0 Å². The molecule has 0 bridgehead atoms. The number of aromatic nitrogens is 2. The second-order valence-corrected chi connectivity index (χ2v) is 6.09. The van der Waals surface area contributed by atoms with Crippen molar-refractivity contribution in [3.63, 3.8) is 0 Å². The Bertz CT molecular complexity index is 592. The number of aryl methyl sites for hydroxylation is 1. The summed E-state index contributed by atoms with van der Waals surface area (Å²) in [4.78, 5) is 0. The molecule has 1 fully saturated rings. The third-order valence-corrected chi connectivity index (χ3v) is 4.24. The lowest BCUT2D eigenvalue weighted by atomic mass is 9.96. The van der Waals surface area contributed by atoms with Crippen molar-refractivity contribution >= 4 is 0 Å². The number of nitrogens with zero attached hydrogens (tertiary/aromatic N) is 1. The standard InChI is InChI=1S/C17H23N3/c1-11(2)13-7-6-12(3)14(9-13)16-10-17(20-19-16)15-5-4-8-18-15/h6-7,9-11,15,18H,4-5,8H2,1-3H3,(H,19,20). The van der Waals surface area contributed by atoms with E-state index < -0.39 is 0 Å². The fourth-order valence-corrected chi connectivity index (χ4v) is 2.88. The van der Waals surface area contributed by atoms with Gasteiger partial charge < -0.3 is 5.32 Å². The number of aromatic amines is 1. The highest BCUT2D eigenvalue weighted by atomic mass is 15.1. The third kappa shape index (κ3) is 2.50. The van der Waals surface area contributed by atoms with Gasteiger partial charge in [-0.15, -0.1) is 0 Å². The normalized spacial score (nSPS) is 18.9. The maximum atomic E-state index is 4.53. The lowest BCUT2D eigenvalue weighted by Gasteiger charge is -2.09. The van der Waals surface area contributed by atoms with Crippen molar-refractivity contribution in [2.45, 2.75) is 45.6 Å². The van der Waals surface area contributed by atoms with Crippen molar-refractivity contribution in [1.82, 2.24) is 15.5 Å². The van der Waals surface area contributed by atoms with Crippen LogP contribution in [0.5, 0.6) is 0 Å². The van der Waals surface area contributed by atoms with Gasteiger partial charge in [-0.05, 0) is 55.5 Å². The van der Waals surface area contributed by atoms with E-state index in [1.165, 1.54) is 35.2 Å². The zero-order valence-corrected chi connectivity index (χ0v) is 12.5. The molecule has 3 nitrogen and oxygen atoms in total. The van der Waals surface area contributed by atoms with Gasteiger partial charge in [-0.1, -0.05) is 26.0 Å². The second kappa shape index (κ2) is 5.41. The Kier molecular flexibility index (Phi) is 3.62. The molecular formula is C17H23N3. The van der Waals surface area contributed by atoms with Gasteiger partial charge in [-0.3, -0.25) is 5.10 Å². The van der Waals surface area contributed by atoms with Crippen LogP contribution in [0.1, 0.15) is 55.5 Å². The van der Waals surface area contributed by atoms with Crippen LogP contribution in [0, 0.1) is 6.92 Å². The minimum Gasteiger partial charge on any atom is -0.309 e. The molecule has 1 aromatic heterocycles. The van der Waals surface area contributed by atoms with E-state index in [1.54, 1.807) is 0 Å². The Morgan fingerprint density at radius 1 is 1.25 bits per heavy atom. The highest BCUT2D eigenvalue weighted by Crippen LogP contribution is 2.29. The quantitative estimate of drug-likeness (QED) is 0.886. The number of H-pyrrole nitrogens is 1. The average Bonchev–Trinajstić information content (AvgIpc) is 3.10. The first-order valence-corrected chi connectivity index (χ1v) is 7.55. The number of hydrogen-bond acceptors (Lipinski definition) is 2. The van der Waals surface area contributed by atoms with Crippen molar-refractivity contribution in [3.8, 4) is 11.3 Å². The van der Waals surface area contributed by atoms with Crippen molar-refractivity contribution in [3.05, 3.63) is 41.1 Å². The van der Waals surface area contributed by atoms with Gasteiger partial charge in [0.25, 0.3) is 0 Å². The summed E-state index contributed by atoms with van der Waals surface area (Å²) in [6, 6.07) is 9.35. The van der Waals surface area contributed by atoms with Crippen LogP contribution < -0.4 is 5.32 Å². The van der Waals surface area contributed by atoms with E-state index in [2.05, 4.69) is 60.6 Å². The second-order valence-electron chi connectivity index (χ2n) is 6.09. The van der Waals surface area contributed by atoms with E-state index in [0.717, 1.165) is 12.2 Å². The van der Waals surface area contributed by atoms with Gasteiger partial charge in [0.2, 0.25) is 0 Å². The third-order valence-electron chi connectivity index (χ3n) is 4.24. The van der Waals surface area contributed by atoms with Crippen LogP contribution in [0.25, 0.3) is 11.3 Å². The van der Waals surface area contributed by atoms with Crippen LogP contribution >= 0.6 is 0 Å². The molecule has 1 aliphatic heterocycles. The minimum absolute atomic E-state index is 0.449. The molecule has 1 atom stereocenters. The first kappa shape index (κ1) is 13.4. The van der Waals surface area contributed by atoms with Crippen LogP contribution in [0.4, 0.5) is 0 Å². The predicted octanol–water partition coefficient (Wildman–Crippen LogP) is 3.93. The molecule has 3 heteroatoms. The Morgan fingerprint density at radius 3 is 2.80 bits per heavy atom. The summed E-state index contributed by atoms with van der Waals surface area (Å²) < 4.78 is 0. The smallest absolute Gasteiger partial charge is 0.0926 e. The summed E-state index contributed by atoms with van der Waals surface area (Å²) >= 11 is 0. The van der Waals surface area contributed by atoms with E-state index in [-0.39, 0.29) is 0 Å². The van der Waals surface area contributed by atoms with Crippen LogP contribution in [-0.2, 0) is 0 Å². The maximum absolute atomic E-state index is 4.53. The summed E-state index contributed by atoms with van der Waals surface area (Å²) in [6.07, 6.45) is 2.45. The Hall–Kier alpha value is -1.61. The topological polar surface area (TPSA) is 40.7 Å². The first-order chi connectivity index (χ1) is 9.65. The van der Waals surface area contributed by atoms with Crippen molar-refractivity contribution in [2.75, 3.05) is 6.54 Å². The fraction of sp³-hybridized carbons (Fsp3) is 0.471. The van der Waals surface area contributed by atoms with Gasteiger partial charge in [0, 0.05) is 11.6 Å². The van der Waals surface area contributed by atoms with Crippen molar-refractivity contribution in [2.24, 2.45) is 0 Å². The van der Waals surface area contributed by atoms with Crippen LogP contribution in [0.3, 0.4) is 0 Å². The van der Waals surface area contributed by atoms with Gasteiger partial charge in [0.05, 0.1) is 11.4 Å². The number of rotatable bonds is 3. The molecule has 2 N–H and O–H groups in total. The molecule has 1 unspecified atom stereocenters. The Balaban J connectivity index is 1.94. The lowest BCUT2D eigenvalue weighted by molar-refractivity contribution is 0.625. The molecule has 2 aromatic rings. The summed E-state index contributed by atoms with van der Waals surface area (Å²) in [6.45, 7) is 7.72. The van der Waals surface area contributed by atoms with E-state index >= 15 is 0 Å². The van der Waals surface area contributed by atoms with E-state index in [9.17, 15) is 0 Å². The zero-order chi connectivity index (χ0) is 14.1. The van der Waals surface area contributed by atoms with Gasteiger partial charge in [-0.2, -0.15) is 5.10 Å². The first-order valence-electron chi connectivity index (χ1n) is 7.55.